The zero-order valence-electron chi connectivity index (χ0n) is 18.4. The van der Waals surface area contributed by atoms with Gasteiger partial charge in [-0.25, -0.2) is 9.67 Å². The van der Waals surface area contributed by atoms with Crippen molar-refractivity contribution in [3.05, 3.63) is 93.2 Å². The first-order valence-corrected chi connectivity index (χ1v) is 10.8. The smallest absolute Gasteiger partial charge is 0.347 e. The van der Waals surface area contributed by atoms with Crippen LogP contribution in [0.1, 0.15) is 11.3 Å². The van der Waals surface area contributed by atoms with Crippen LogP contribution in [-0.4, -0.2) is 42.2 Å². The molecule has 4 aromatic rings. The zero-order valence-corrected chi connectivity index (χ0v) is 19.1. The molecular weight excluding hydrogens is 500 g/mol. The Bertz CT molecular complexity index is 1430. The average Bonchev–Trinajstić information content (AvgIpc) is 3.40. The van der Waals surface area contributed by atoms with E-state index in [9.17, 15) is 23.6 Å². The molecule has 186 valence electrons. The first-order valence-electron chi connectivity index (χ1n) is 10.4. The number of hydrogen-bond acceptors (Lipinski definition) is 8. The molecule has 0 saturated heterocycles. The van der Waals surface area contributed by atoms with Gasteiger partial charge in [0.15, 0.2) is 12.0 Å². The Morgan fingerprint density at radius 3 is 2.72 bits per heavy atom. The fourth-order valence-electron chi connectivity index (χ4n) is 3.28. The number of alkyl halides is 2. The van der Waals surface area contributed by atoms with E-state index in [4.69, 9.17) is 11.6 Å². The molecule has 15 heteroatoms. The van der Waals surface area contributed by atoms with Crippen LogP contribution in [0.3, 0.4) is 0 Å². The Morgan fingerprint density at radius 2 is 1.97 bits per heavy atom. The van der Waals surface area contributed by atoms with Crippen molar-refractivity contribution in [2.75, 3.05) is 11.9 Å². The van der Waals surface area contributed by atoms with E-state index in [1.807, 2.05) is 0 Å². The lowest BCUT2D eigenvalue weighted by atomic mass is 10.2. The fraction of sp³-hybridized carbons (Fsp3) is 0.190. The number of halogens is 3. The number of nitrogens with one attached hydrogen (secondary N) is 2. The van der Waals surface area contributed by atoms with Gasteiger partial charge in [0.2, 0.25) is 5.91 Å². The molecule has 0 aliphatic carbocycles. The van der Waals surface area contributed by atoms with Crippen LogP contribution in [0.5, 0.6) is 0 Å². The van der Waals surface area contributed by atoms with Crippen molar-refractivity contribution in [1.29, 1.82) is 0 Å². The molecule has 0 unspecified atom stereocenters. The van der Waals surface area contributed by atoms with Gasteiger partial charge in [0, 0.05) is 18.7 Å². The largest absolute Gasteiger partial charge is 0.618 e. The van der Waals surface area contributed by atoms with Crippen LogP contribution in [0.15, 0.2) is 66.0 Å². The molecule has 36 heavy (non-hydrogen) atoms. The molecule has 1 amide bonds. The summed E-state index contributed by atoms with van der Waals surface area (Å²) in [6.07, 6.45) is 3.40. The second-order valence-electron chi connectivity index (χ2n) is 7.45. The van der Waals surface area contributed by atoms with Crippen molar-refractivity contribution in [3.8, 4) is 5.69 Å². The number of hydrogen-bond donors (Lipinski definition) is 2. The number of para-hydroxylation sites is 1. The van der Waals surface area contributed by atoms with Crippen molar-refractivity contribution in [2.45, 2.75) is 19.0 Å². The third-order valence-corrected chi connectivity index (χ3v) is 5.35. The summed E-state index contributed by atoms with van der Waals surface area (Å²) in [5.41, 5.74) is -0.335. The first kappa shape index (κ1) is 24.7. The number of nitrogens with zero attached hydrogens (tertiary/aromatic N) is 7. The van der Waals surface area contributed by atoms with E-state index >= 15 is 0 Å². The van der Waals surface area contributed by atoms with Crippen LogP contribution in [0.4, 0.5) is 14.6 Å². The van der Waals surface area contributed by atoms with Gasteiger partial charge in [-0.15, -0.1) is 5.10 Å². The molecule has 3 heterocycles. The van der Waals surface area contributed by atoms with Gasteiger partial charge >= 0.3 is 5.92 Å². The number of anilines is 1. The predicted molar refractivity (Wildman–Crippen MR) is 122 cm³/mol. The average molecular weight is 518 g/mol. The highest BCUT2D eigenvalue weighted by Crippen LogP contribution is 2.25. The lowest BCUT2D eigenvalue weighted by Gasteiger charge is -2.17. The maximum Gasteiger partial charge on any atom is 0.347 e. The molecule has 0 saturated carbocycles. The summed E-state index contributed by atoms with van der Waals surface area (Å²) in [5, 5.41) is 27.4. The number of carbonyl (C=O) groups is 1. The highest BCUT2D eigenvalue weighted by Gasteiger charge is 2.39. The lowest BCUT2D eigenvalue weighted by molar-refractivity contribution is -0.624. The first-order chi connectivity index (χ1) is 17.3. The summed E-state index contributed by atoms with van der Waals surface area (Å²) in [6, 6.07) is 10.7. The maximum atomic E-state index is 14.5. The van der Waals surface area contributed by atoms with Crippen LogP contribution < -0.4 is 20.9 Å². The summed E-state index contributed by atoms with van der Waals surface area (Å²) < 4.78 is 31.3. The molecular formula is C21H18ClF2N9O3. The summed E-state index contributed by atoms with van der Waals surface area (Å²) in [7, 11) is 0. The molecule has 3 aromatic heterocycles. The van der Waals surface area contributed by atoms with Crippen LogP contribution in [0, 0.1) is 5.21 Å². The fourth-order valence-corrected chi connectivity index (χ4v) is 3.47. The summed E-state index contributed by atoms with van der Waals surface area (Å²) >= 11 is 6.04. The quantitative estimate of drug-likeness (QED) is 0.247. The predicted octanol–water partition coefficient (Wildman–Crippen LogP) is 1.03. The number of rotatable bonds is 9. The number of pyridine rings is 1. The van der Waals surface area contributed by atoms with Crippen LogP contribution in [-0.2, 0) is 23.8 Å². The van der Waals surface area contributed by atoms with E-state index in [1.165, 1.54) is 23.1 Å². The van der Waals surface area contributed by atoms with E-state index < -0.39 is 42.0 Å². The molecule has 0 atom stereocenters. The molecule has 12 nitrogen and oxygen atoms in total. The normalized spacial score (nSPS) is 11.3. The van der Waals surface area contributed by atoms with Gasteiger partial charge in [-0.05, 0) is 28.1 Å². The highest BCUT2D eigenvalue weighted by atomic mass is 35.5. The topological polar surface area (TPSA) is 147 Å². The Labute approximate surface area is 206 Å². The Kier molecular flexibility index (Phi) is 7.15. The Balaban J connectivity index is 1.44. The minimum Gasteiger partial charge on any atom is -0.618 e. The van der Waals surface area contributed by atoms with Crippen LogP contribution in [0.25, 0.3) is 5.69 Å². The van der Waals surface area contributed by atoms with E-state index in [1.54, 1.807) is 24.3 Å². The monoisotopic (exact) mass is 517 g/mol. The van der Waals surface area contributed by atoms with Crippen molar-refractivity contribution < 1.29 is 18.3 Å². The number of aromatic nitrogens is 7. The molecule has 1 aromatic carbocycles. The van der Waals surface area contributed by atoms with Crippen molar-refractivity contribution in [2.24, 2.45) is 0 Å². The SMILES string of the molecule is O=C(Cn1c(Cl)cnc(NCC(F)(F)c2cccc[n+]2[O-])c1=O)NCc1ccccc1-n1cnnn1. The third-order valence-electron chi connectivity index (χ3n) is 5.05. The van der Waals surface area contributed by atoms with Gasteiger partial charge < -0.3 is 15.8 Å². The molecule has 0 aliphatic rings. The third kappa shape index (κ3) is 5.43. The molecule has 2 N–H and O–H groups in total. The van der Waals surface area contributed by atoms with E-state index in [-0.39, 0.29) is 16.4 Å². The van der Waals surface area contributed by atoms with Gasteiger partial charge in [-0.1, -0.05) is 29.8 Å². The summed E-state index contributed by atoms with van der Waals surface area (Å²) in [6.45, 7) is -1.48. The zero-order chi connectivity index (χ0) is 25.7. The molecule has 0 aliphatic heterocycles. The van der Waals surface area contributed by atoms with Crippen LogP contribution in [0.2, 0.25) is 5.15 Å². The standard InChI is InChI=1S/C21H18ClF2N9O3/c22-17-10-26-19(27-12-21(23,24)16-7-3-4-8-33(16)36)20(35)31(17)11-18(34)25-9-14-5-1-2-6-15(14)32-13-28-29-30-32/h1-8,10,13H,9,11-12H2,(H,25,34)(H,26,27). The number of tetrazole rings is 1. The van der Waals surface area contributed by atoms with Gasteiger partial charge in [-0.3, -0.25) is 14.2 Å². The second kappa shape index (κ2) is 10.4. The van der Waals surface area contributed by atoms with E-state index in [0.29, 0.717) is 11.3 Å². The van der Waals surface area contributed by atoms with Gasteiger partial charge in [0.25, 0.3) is 11.3 Å². The number of benzene rings is 1. The molecule has 4 rings (SSSR count). The number of carbonyl (C=O) groups excluding carboxylic acids is 1. The Morgan fingerprint density at radius 1 is 1.19 bits per heavy atom. The van der Waals surface area contributed by atoms with Crippen LogP contribution >= 0.6 is 11.6 Å². The second-order valence-corrected chi connectivity index (χ2v) is 7.84. The summed E-state index contributed by atoms with van der Waals surface area (Å²) in [5.74, 6) is -4.62. The summed E-state index contributed by atoms with van der Waals surface area (Å²) in [4.78, 5) is 29.1. The lowest BCUT2D eigenvalue weighted by Crippen LogP contribution is -2.41. The molecule has 0 bridgehead atoms. The Hall–Kier alpha value is -4.46. The van der Waals surface area contributed by atoms with Gasteiger partial charge in [0.05, 0.1) is 18.4 Å². The number of amides is 1. The molecule has 0 fully saturated rings. The van der Waals surface area contributed by atoms with Gasteiger partial charge in [-0.2, -0.15) is 13.5 Å². The van der Waals surface area contributed by atoms with E-state index in [0.717, 1.165) is 23.0 Å². The van der Waals surface area contributed by atoms with Crippen molar-refractivity contribution >= 4 is 23.3 Å². The molecule has 0 radical (unpaired) electrons. The van der Waals surface area contributed by atoms with E-state index in [2.05, 4.69) is 31.1 Å². The highest BCUT2D eigenvalue weighted by molar-refractivity contribution is 6.29. The molecule has 0 spiro atoms. The maximum absolute atomic E-state index is 14.5. The minimum atomic E-state index is -3.61. The van der Waals surface area contributed by atoms with Crippen molar-refractivity contribution in [3.63, 3.8) is 0 Å². The minimum absolute atomic E-state index is 0.0388. The van der Waals surface area contributed by atoms with Gasteiger partial charge in [0.1, 0.15) is 18.0 Å². The van der Waals surface area contributed by atoms with Crippen molar-refractivity contribution in [1.82, 2.24) is 35.1 Å².